The zero-order valence-electron chi connectivity index (χ0n) is 11.9. The van der Waals surface area contributed by atoms with Crippen molar-refractivity contribution in [2.75, 3.05) is 52.6 Å². The summed E-state index contributed by atoms with van der Waals surface area (Å²) in [5.74, 6) is 0. The summed E-state index contributed by atoms with van der Waals surface area (Å²) in [5, 5.41) is 3.52. The quantitative estimate of drug-likeness (QED) is 0.772. The molecule has 1 N–H and O–H groups in total. The molecule has 0 spiro atoms. The molecule has 4 heteroatoms. The van der Waals surface area contributed by atoms with Gasteiger partial charge in [-0.3, -0.25) is 4.90 Å². The van der Waals surface area contributed by atoms with E-state index in [2.05, 4.69) is 24.1 Å². The van der Waals surface area contributed by atoms with Crippen molar-refractivity contribution >= 4 is 0 Å². The predicted molar refractivity (Wildman–Crippen MR) is 72.9 cm³/mol. The standard InChI is InChI=1S/C14H28N2O2/c1-3-13-9-17-8-6-16(13)11-14(10-15-4-2)5-7-18-12-14/h13,15H,3-12H2,1-2H3. The van der Waals surface area contributed by atoms with Crippen molar-refractivity contribution in [1.82, 2.24) is 10.2 Å². The van der Waals surface area contributed by atoms with Crippen LogP contribution in [0.1, 0.15) is 26.7 Å². The van der Waals surface area contributed by atoms with E-state index in [1.807, 2.05) is 0 Å². The number of hydrogen-bond donors (Lipinski definition) is 1. The van der Waals surface area contributed by atoms with Gasteiger partial charge in [-0.25, -0.2) is 0 Å². The molecule has 2 aliphatic heterocycles. The fourth-order valence-corrected chi connectivity index (χ4v) is 3.06. The Morgan fingerprint density at radius 2 is 2.17 bits per heavy atom. The van der Waals surface area contributed by atoms with Crippen LogP contribution in [0.25, 0.3) is 0 Å². The molecule has 0 aromatic carbocycles. The van der Waals surface area contributed by atoms with Gasteiger partial charge in [0, 0.05) is 37.7 Å². The Kier molecular flexibility index (Phi) is 5.42. The van der Waals surface area contributed by atoms with Crippen LogP contribution in [0.4, 0.5) is 0 Å². The highest BCUT2D eigenvalue weighted by Gasteiger charge is 2.38. The Morgan fingerprint density at radius 1 is 1.28 bits per heavy atom. The minimum atomic E-state index is 0.320. The molecule has 0 bridgehead atoms. The fraction of sp³-hybridized carbons (Fsp3) is 1.00. The summed E-state index contributed by atoms with van der Waals surface area (Å²) in [7, 11) is 0. The monoisotopic (exact) mass is 256 g/mol. The van der Waals surface area contributed by atoms with Gasteiger partial charge in [0.2, 0.25) is 0 Å². The number of rotatable bonds is 6. The molecule has 2 unspecified atom stereocenters. The number of hydrogen-bond acceptors (Lipinski definition) is 4. The van der Waals surface area contributed by atoms with Gasteiger partial charge in [0.1, 0.15) is 0 Å². The lowest BCUT2D eigenvalue weighted by Gasteiger charge is -2.41. The first-order valence-electron chi connectivity index (χ1n) is 7.40. The zero-order chi connectivity index (χ0) is 12.8. The lowest BCUT2D eigenvalue weighted by Crippen LogP contribution is -2.52. The summed E-state index contributed by atoms with van der Waals surface area (Å²) in [6, 6.07) is 0.595. The highest BCUT2D eigenvalue weighted by Crippen LogP contribution is 2.30. The first-order valence-corrected chi connectivity index (χ1v) is 7.40. The third-order valence-corrected chi connectivity index (χ3v) is 4.29. The van der Waals surface area contributed by atoms with E-state index in [1.165, 1.54) is 12.8 Å². The first-order chi connectivity index (χ1) is 8.79. The van der Waals surface area contributed by atoms with E-state index in [1.54, 1.807) is 0 Å². The van der Waals surface area contributed by atoms with Crippen LogP contribution in [-0.2, 0) is 9.47 Å². The molecule has 2 heterocycles. The fourth-order valence-electron chi connectivity index (χ4n) is 3.06. The summed E-state index contributed by atoms with van der Waals surface area (Å²) in [4.78, 5) is 2.62. The maximum absolute atomic E-state index is 5.67. The van der Waals surface area contributed by atoms with Crippen LogP contribution < -0.4 is 5.32 Å². The van der Waals surface area contributed by atoms with Gasteiger partial charge < -0.3 is 14.8 Å². The van der Waals surface area contributed by atoms with E-state index < -0.39 is 0 Å². The van der Waals surface area contributed by atoms with E-state index in [-0.39, 0.29) is 0 Å². The van der Waals surface area contributed by atoms with Gasteiger partial charge in [0.05, 0.1) is 19.8 Å². The molecular formula is C14H28N2O2. The maximum atomic E-state index is 5.67. The Bertz CT molecular complexity index is 242. The molecule has 2 atom stereocenters. The number of ether oxygens (including phenoxy) is 2. The molecule has 2 saturated heterocycles. The van der Waals surface area contributed by atoms with E-state index >= 15 is 0 Å². The third kappa shape index (κ3) is 3.44. The van der Waals surface area contributed by atoms with Crippen LogP contribution in [0.5, 0.6) is 0 Å². The van der Waals surface area contributed by atoms with Gasteiger partial charge in [-0.05, 0) is 19.4 Å². The highest BCUT2D eigenvalue weighted by atomic mass is 16.5. The van der Waals surface area contributed by atoms with Gasteiger partial charge in [-0.15, -0.1) is 0 Å². The Morgan fingerprint density at radius 3 is 2.83 bits per heavy atom. The van der Waals surface area contributed by atoms with Gasteiger partial charge in [-0.2, -0.15) is 0 Å². The van der Waals surface area contributed by atoms with Crippen molar-refractivity contribution in [2.45, 2.75) is 32.7 Å². The minimum Gasteiger partial charge on any atom is -0.381 e. The Hall–Kier alpha value is -0.160. The summed E-state index contributed by atoms with van der Waals surface area (Å²) in [6.07, 6.45) is 2.37. The predicted octanol–water partition coefficient (Wildman–Crippen LogP) is 1.11. The molecule has 0 amide bonds. The van der Waals surface area contributed by atoms with E-state index in [0.717, 1.165) is 52.6 Å². The molecule has 18 heavy (non-hydrogen) atoms. The second kappa shape index (κ2) is 6.85. The van der Waals surface area contributed by atoms with Gasteiger partial charge in [-0.1, -0.05) is 13.8 Å². The minimum absolute atomic E-state index is 0.320. The molecule has 4 nitrogen and oxygen atoms in total. The summed E-state index contributed by atoms with van der Waals surface area (Å²) in [5.41, 5.74) is 0.320. The summed E-state index contributed by atoms with van der Waals surface area (Å²) in [6.45, 7) is 12.4. The topological polar surface area (TPSA) is 33.7 Å². The SMILES string of the molecule is CCNCC1(CN2CCOCC2CC)CCOC1. The molecule has 0 aliphatic carbocycles. The molecule has 2 fully saturated rings. The van der Waals surface area contributed by atoms with Crippen LogP contribution in [0.3, 0.4) is 0 Å². The van der Waals surface area contributed by atoms with Gasteiger partial charge >= 0.3 is 0 Å². The molecule has 0 radical (unpaired) electrons. The number of nitrogens with zero attached hydrogens (tertiary/aromatic N) is 1. The molecular weight excluding hydrogens is 228 g/mol. The molecule has 106 valence electrons. The summed E-state index contributed by atoms with van der Waals surface area (Å²) >= 11 is 0. The lowest BCUT2D eigenvalue weighted by atomic mass is 9.85. The average Bonchev–Trinajstić information content (AvgIpc) is 2.86. The van der Waals surface area contributed by atoms with Crippen molar-refractivity contribution in [3.63, 3.8) is 0 Å². The Labute approximate surface area is 111 Å². The summed E-state index contributed by atoms with van der Waals surface area (Å²) < 4.78 is 11.3. The second-order valence-electron chi connectivity index (χ2n) is 5.69. The third-order valence-electron chi connectivity index (χ3n) is 4.29. The second-order valence-corrected chi connectivity index (χ2v) is 5.69. The zero-order valence-corrected chi connectivity index (χ0v) is 11.9. The average molecular weight is 256 g/mol. The first kappa shape index (κ1) is 14.3. The highest BCUT2D eigenvalue weighted by molar-refractivity contribution is 4.90. The molecule has 0 aromatic heterocycles. The van der Waals surface area contributed by atoms with Gasteiger partial charge in [0.25, 0.3) is 0 Å². The molecule has 2 rings (SSSR count). The van der Waals surface area contributed by atoms with Crippen molar-refractivity contribution in [3.8, 4) is 0 Å². The van der Waals surface area contributed by atoms with Crippen LogP contribution in [0.15, 0.2) is 0 Å². The van der Waals surface area contributed by atoms with Crippen LogP contribution in [-0.4, -0.2) is 63.5 Å². The van der Waals surface area contributed by atoms with Crippen molar-refractivity contribution in [1.29, 1.82) is 0 Å². The van der Waals surface area contributed by atoms with Crippen molar-refractivity contribution < 1.29 is 9.47 Å². The van der Waals surface area contributed by atoms with E-state index in [4.69, 9.17) is 9.47 Å². The van der Waals surface area contributed by atoms with Crippen molar-refractivity contribution in [2.24, 2.45) is 5.41 Å². The largest absolute Gasteiger partial charge is 0.381 e. The normalized spacial score (nSPS) is 34.0. The van der Waals surface area contributed by atoms with Crippen LogP contribution >= 0.6 is 0 Å². The van der Waals surface area contributed by atoms with Crippen LogP contribution in [0.2, 0.25) is 0 Å². The van der Waals surface area contributed by atoms with E-state index in [0.29, 0.717) is 11.5 Å². The smallest absolute Gasteiger partial charge is 0.0622 e. The molecule has 0 saturated carbocycles. The number of morpholine rings is 1. The maximum Gasteiger partial charge on any atom is 0.0622 e. The van der Waals surface area contributed by atoms with Gasteiger partial charge in [0.15, 0.2) is 0 Å². The molecule has 0 aromatic rings. The number of nitrogens with one attached hydrogen (secondary N) is 1. The lowest BCUT2D eigenvalue weighted by molar-refractivity contribution is -0.0294. The van der Waals surface area contributed by atoms with Crippen molar-refractivity contribution in [3.05, 3.63) is 0 Å². The van der Waals surface area contributed by atoms with Crippen LogP contribution in [0, 0.1) is 5.41 Å². The van der Waals surface area contributed by atoms with E-state index in [9.17, 15) is 0 Å². The molecule has 2 aliphatic rings. The Balaban J connectivity index is 1.94.